The van der Waals surface area contributed by atoms with E-state index in [0.29, 0.717) is 64.8 Å². The smallest absolute Gasteiger partial charge is 0.242 e. The third-order valence-corrected chi connectivity index (χ3v) is 10.5. The standard InChI is InChI=1S/C28H38N8O6S2/c1-6-34(15-18-7-10-35(18)26(38)17(2)3)21-14-19(44(39,40)33-28(16-29)8-9-28)13-20-22(21)32-36(11-12-37)23(20)24-30-31-25(43-24)27(41-4)42-5/h13-14,17-18,27,33,37H,6-12,15H2,1-5H3. The van der Waals surface area contributed by atoms with Crippen molar-refractivity contribution in [3.05, 3.63) is 17.1 Å². The topological polar surface area (TPSA) is 176 Å². The Morgan fingerprint density at radius 1 is 1.30 bits per heavy atom. The Morgan fingerprint density at radius 2 is 2.02 bits per heavy atom. The number of likely N-dealkylation sites (tertiary alicyclic amines) is 1. The van der Waals surface area contributed by atoms with E-state index in [9.17, 15) is 23.6 Å². The highest BCUT2D eigenvalue weighted by atomic mass is 32.2. The lowest BCUT2D eigenvalue weighted by Crippen LogP contribution is -2.57. The fourth-order valence-corrected chi connectivity index (χ4v) is 7.76. The van der Waals surface area contributed by atoms with Crippen LogP contribution in [0.25, 0.3) is 21.6 Å². The van der Waals surface area contributed by atoms with Crippen LogP contribution in [0.15, 0.2) is 17.0 Å². The molecule has 5 rings (SSSR count). The van der Waals surface area contributed by atoms with Gasteiger partial charge >= 0.3 is 0 Å². The Labute approximate surface area is 260 Å². The number of rotatable bonds is 14. The zero-order valence-corrected chi connectivity index (χ0v) is 27.1. The summed E-state index contributed by atoms with van der Waals surface area (Å²) in [5.74, 6) is -0.0421. The number of nitriles is 1. The van der Waals surface area contributed by atoms with Gasteiger partial charge in [-0.2, -0.15) is 15.1 Å². The lowest BCUT2D eigenvalue weighted by Gasteiger charge is -2.44. The van der Waals surface area contributed by atoms with Crippen LogP contribution in [0.2, 0.25) is 0 Å². The molecule has 1 saturated heterocycles. The van der Waals surface area contributed by atoms with Gasteiger partial charge < -0.3 is 24.4 Å². The highest BCUT2D eigenvalue weighted by Crippen LogP contribution is 2.41. The highest BCUT2D eigenvalue weighted by Gasteiger charge is 2.47. The van der Waals surface area contributed by atoms with Crippen LogP contribution >= 0.6 is 11.3 Å². The molecule has 3 aromatic rings. The lowest BCUT2D eigenvalue weighted by atomic mass is 9.99. The molecule has 1 aromatic carbocycles. The number of carbonyl (C=O) groups excluding carboxylic acids is 1. The van der Waals surface area contributed by atoms with Crippen molar-refractivity contribution in [1.82, 2.24) is 29.6 Å². The van der Waals surface area contributed by atoms with Gasteiger partial charge in [-0.1, -0.05) is 25.2 Å². The number of benzene rings is 1. The Kier molecular flexibility index (Phi) is 9.26. The minimum Gasteiger partial charge on any atom is -0.394 e. The number of anilines is 1. The summed E-state index contributed by atoms with van der Waals surface area (Å²) >= 11 is 1.21. The molecule has 3 heterocycles. The molecule has 2 aliphatic rings. The number of aliphatic hydroxyl groups excluding tert-OH is 1. The molecule has 1 saturated carbocycles. The van der Waals surface area contributed by atoms with Crippen LogP contribution in [0.4, 0.5) is 5.69 Å². The zero-order chi connectivity index (χ0) is 31.8. The molecule has 0 spiro atoms. The maximum absolute atomic E-state index is 13.8. The predicted molar refractivity (Wildman–Crippen MR) is 163 cm³/mol. The molecular weight excluding hydrogens is 608 g/mol. The normalized spacial score (nSPS) is 17.7. The second-order valence-electron chi connectivity index (χ2n) is 11.3. The van der Waals surface area contributed by atoms with Crippen LogP contribution in [-0.4, -0.2) is 96.4 Å². The number of likely N-dealkylation sites (N-methyl/N-ethyl adjacent to an activating group) is 1. The van der Waals surface area contributed by atoms with E-state index in [4.69, 9.17) is 14.6 Å². The third kappa shape index (κ3) is 6.04. The fourth-order valence-electron chi connectivity index (χ4n) is 5.37. The van der Waals surface area contributed by atoms with E-state index in [1.165, 1.54) is 31.6 Å². The molecule has 0 radical (unpaired) electrons. The van der Waals surface area contributed by atoms with Gasteiger partial charge in [0.1, 0.15) is 16.7 Å². The van der Waals surface area contributed by atoms with Crippen molar-refractivity contribution in [2.24, 2.45) is 5.92 Å². The molecule has 2 fully saturated rings. The van der Waals surface area contributed by atoms with Crippen molar-refractivity contribution in [1.29, 1.82) is 5.26 Å². The van der Waals surface area contributed by atoms with Crippen molar-refractivity contribution in [2.75, 3.05) is 45.4 Å². The van der Waals surface area contributed by atoms with Crippen LogP contribution in [0, 0.1) is 17.2 Å². The highest BCUT2D eigenvalue weighted by molar-refractivity contribution is 7.89. The number of aliphatic hydroxyl groups is 1. The predicted octanol–water partition coefficient (Wildman–Crippen LogP) is 2.26. The van der Waals surface area contributed by atoms with Crippen molar-refractivity contribution >= 4 is 43.9 Å². The Hall–Kier alpha value is -3.20. The summed E-state index contributed by atoms with van der Waals surface area (Å²) in [6.07, 6.45) is 0.967. The second-order valence-corrected chi connectivity index (χ2v) is 14.0. The maximum atomic E-state index is 13.8. The third-order valence-electron chi connectivity index (χ3n) is 8.06. The number of aromatic nitrogens is 4. The largest absolute Gasteiger partial charge is 0.394 e. The molecule has 1 unspecified atom stereocenters. The van der Waals surface area contributed by atoms with Crippen LogP contribution in [0.3, 0.4) is 0 Å². The van der Waals surface area contributed by atoms with Crippen LogP contribution < -0.4 is 9.62 Å². The average Bonchev–Trinajstić information content (AvgIpc) is 3.40. The number of fused-ring (bicyclic) bond motifs is 1. The fraction of sp³-hybridized carbons (Fsp3) is 0.607. The average molecular weight is 647 g/mol. The molecule has 2 N–H and O–H groups in total. The molecule has 0 bridgehead atoms. The summed E-state index contributed by atoms with van der Waals surface area (Å²) in [6.45, 7) is 7.31. The lowest BCUT2D eigenvalue weighted by molar-refractivity contribution is -0.141. The molecule has 238 valence electrons. The summed E-state index contributed by atoms with van der Waals surface area (Å²) in [6, 6.07) is 5.16. The van der Waals surface area contributed by atoms with E-state index in [2.05, 4.69) is 21.0 Å². The molecule has 1 aliphatic heterocycles. The Morgan fingerprint density at radius 3 is 2.57 bits per heavy atom. The quantitative estimate of drug-likeness (QED) is 0.246. The molecule has 16 heteroatoms. The molecule has 44 heavy (non-hydrogen) atoms. The SMILES string of the molecule is CCN(CC1CCN1C(=O)C(C)C)c1cc(S(=O)(=O)NC2(C#N)CC2)cc2c(-c3nnc(C(OC)OC)s3)n(CCO)nc12. The Balaban J connectivity index is 1.67. The van der Waals surface area contributed by atoms with Gasteiger partial charge in [-0.25, -0.2) is 8.42 Å². The number of nitrogens with one attached hydrogen (secondary N) is 1. The van der Waals surface area contributed by atoms with Crippen molar-refractivity contribution in [3.8, 4) is 16.8 Å². The van der Waals surface area contributed by atoms with E-state index in [1.54, 1.807) is 10.7 Å². The van der Waals surface area contributed by atoms with Gasteiger partial charge in [0, 0.05) is 45.2 Å². The van der Waals surface area contributed by atoms with E-state index < -0.39 is 21.9 Å². The zero-order valence-electron chi connectivity index (χ0n) is 25.5. The number of amides is 1. The van der Waals surface area contributed by atoms with Gasteiger partial charge in [0.15, 0.2) is 10.0 Å². The summed E-state index contributed by atoms with van der Waals surface area (Å²) in [4.78, 5) is 16.7. The number of nitrogens with zero attached hydrogens (tertiary/aromatic N) is 7. The first-order chi connectivity index (χ1) is 21.0. The molecule has 1 amide bonds. The number of methoxy groups -OCH3 is 2. The number of sulfonamides is 1. The van der Waals surface area contributed by atoms with Gasteiger partial charge in [-0.3, -0.25) is 9.48 Å². The molecule has 1 aliphatic carbocycles. The van der Waals surface area contributed by atoms with E-state index in [1.807, 2.05) is 30.6 Å². The summed E-state index contributed by atoms with van der Waals surface area (Å²) < 4.78 is 42.4. The number of hydrogen-bond donors (Lipinski definition) is 2. The van der Waals surface area contributed by atoms with Crippen LogP contribution in [0.1, 0.15) is 51.3 Å². The summed E-state index contributed by atoms with van der Waals surface area (Å²) in [5, 5.41) is 34.4. The number of carbonyl (C=O) groups is 1. The van der Waals surface area contributed by atoms with Gasteiger partial charge in [-0.05, 0) is 38.3 Å². The minimum atomic E-state index is -4.12. The second kappa shape index (κ2) is 12.7. The first kappa shape index (κ1) is 32.2. The first-order valence-corrected chi connectivity index (χ1v) is 16.9. The minimum absolute atomic E-state index is 0.0232. The van der Waals surface area contributed by atoms with Crippen LogP contribution in [-0.2, 0) is 30.8 Å². The van der Waals surface area contributed by atoms with Crippen molar-refractivity contribution in [2.45, 2.75) is 69.3 Å². The summed E-state index contributed by atoms with van der Waals surface area (Å²) in [5.41, 5.74) is 0.448. The van der Waals surface area contributed by atoms with Crippen molar-refractivity contribution < 1.29 is 27.8 Å². The van der Waals surface area contributed by atoms with Crippen molar-refractivity contribution in [3.63, 3.8) is 0 Å². The number of ether oxygens (including phenoxy) is 2. The Bertz CT molecular complexity index is 1670. The van der Waals surface area contributed by atoms with Gasteiger partial charge in [0.2, 0.25) is 22.2 Å². The van der Waals surface area contributed by atoms with Gasteiger partial charge in [0.05, 0.1) is 35.8 Å². The first-order valence-electron chi connectivity index (χ1n) is 14.6. The molecule has 2 aromatic heterocycles. The number of hydrogen-bond acceptors (Lipinski definition) is 12. The van der Waals surface area contributed by atoms with Gasteiger partial charge in [-0.15, -0.1) is 10.2 Å². The van der Waals surface area contributed by atoms with E-state index in [-0.39, 0.29) is 35.9 Å². The maximum Gasteiger partial charge on any atom is 0.242 e. The molecular formula is C28H38N8O6S2. The summed E-state index contributed by atoms with van der Waals surface area (Å²) in [7, 11) is -1.14. The van der Waals surface area contributed by atoms with Gasteiger partial charge in [0.25, 0.3) is 0 Å². The monoisotopic (exact) mass is 646 g/mol. The van der Waals surface area contributed by atoms with E-state index >= 15 is 0 Å². The molecule has 14 nitrogen and oxygen atoms in total. The van der Waals surface area contributed by atoms with Crippen LogP contribution in [0.5, 0.6) is 0 Å². The molecule has 1 atom stereocenters. The van der Waals surface area contributed by atoms with E-state index in [0.717, 1.165) is 6.42 Å².